The minimum Gasteiger partial charge on any atom is -0.493 e. The van der Waals surface area contributed by atoms with Crippen LogP contribution in [0.2, 0.25) is 0 Å². The molecule has 0 saturated heterocycles. The van der Waals surface area contributed by atoms with Gasteiger partial charge in [-0.15, -0.1) is 0 Å². The lowest BCUT2D eigenvalue weighted by molar-refractivity contribution is -0.136. The Morgan fingerprint density at radius 3 is 2.26 bits per heavy atom. The number of carboxylic acid groups (broad SMARTS) is 1. The van der Waals surface area contributed by atoms with Gasteiger partial charge in [-0.05, 0) is 41.3 Å². The van der Waals surface area contributed by atoms with E-state index in [1.165, 1.54) is 0 Å². The van der Waals surface area contributed by atoms with Crippen molar-refractivity contribution < 1.29 is 19.4 Å². The molecule has 0 radical (unpaired) electrons. The van der Waals surface area contributed by atoms with Crippen molar-refractivity contribution in [2.24, 2.45) is 5.41 Å². The first-order chi connectivity index (χ1) is 14.4. The molecule has 0 spiro atoms. The van der Waals surface area contributed by atoms with E-state index in [4.69, 9.17) is 14.6 Å². The van der Waals surface area contributed by atoms with Gasteiger partial charge in [0.05, 0.1) is 13.5 Å². The summed E-state index contributed by atoms with van der Waals surface area (Å²) in [6.45, 7) is 14.0. The average Bonchev–Trinajstić information content (AvgIpc) is 2.64. The molecule has 170 valence electrons. The van der Waals surface area contributed by atoms with E-state index in [0.29, 0.717) is 17.1 Å². The van der Waals surface area contributed by atoms with Crippen LogP contribution >= 0.6 is 11.8 Å². The van der Waals surface area contributed by atoms with E-state index in [2.05, 4.69) is 52.9 Å². The summed E-state index contributed by atoms with van der Waals surface area (Å²) in [5.74, 6) is 1.73. The molecule has 2 aromatic rings. The van der Waals surface area contributed by atoms with Crippen molar-refractivity contribution in [2.45, 2.75) is 58.5 Å². The maximum absolute atomic E-state index is 11.1. The number of aliphatic carboxylic acids is 1. The summed E-state index contributed by atoms with van der Waals surface area (Å²) in [5.41, 5.74) is 2.97. The molecule has 2 N–H and O–H groups in total. The van der Waals surface area contributed by atoms with Crippen LogP contribution in [0.5, 0.6) is 17.2 Å². The normalized spacial score (nSPS) is 11.8. The van der Waals surface area contributed by atoms with Gasteiger partial charge in [0.15, 0.2) is 11.5 Å². The molecule has 2 aromatic carbocycles. The number of carbonyl (C=O) groups is 1. The Hall–Kier alpha value is -2.34. The fourth-order valence-electron chi connectivity index (χ4n) is 2.77. The number of methoxy groups -OCH3 is 1. The van der Waals surface area contributed by atoms with Crippen molar-refractivity contribution >= 4 is 23.4 Å². The molecule has 31 heavy (non-hydrogen) atoms. The monoisotopic (exact) mass is 445 g/mol. The molecule has 0 aliphatic rings. The predicted octanol–water partition coefficient (Wildman–Crippen LogP) is 6.60. The van der Waals surface area contributed by atoms with Crippen molar-refractivity contribution in [2.75, 3.05) is 19.0 Å². The highest BCUT2D eigenvalue weighted by atomic mass is 32.2. The van der Waals surface area contributed by atoms with Crippen LogP contribution in [0.1, 0.15) is 52.7 Å². The standard InChI is InChI=1S/C25H35NO4S/c1-24(2,3)16-26-19-9-11-20(18(14-19)15-31-25(4,5)6)30-22-12-17(13-23(27)28)8-10-21(22)29-7/h8-12,14,26H,13,15-16H2,1-7H3,(H,27,28). The third-order valence-corrected chi connectivity index (χ3v) is 5.67. The van der Waals surface area contributed by atoms with Crippen LogP contribution in [-0.4, -0.2) is 29.5 Å². The molecular weight excluding hydrogens is 410 g/mol. The van der Waals surface area contributed by atoms with Gasteiger partial charge in [0.1, 0.15) is 5.75 Å². The zero-order valence-electron chi connectivity index (χ0n) is 19.7. The molecular formula is C25H35NO4S. The number of nitrogens with one attached hydrogen (secondary N) is 1. The minimum absolute atomic E-state index is 0.0667. The molecule has 0 atom stereocenters. The van der Waals surface area contributed by atoms with Gasteiger partial charge in [0.25, 0.3) is 0 Å². The maximum Gasteiger partial charge on any atom is 0.307 e. The number of hydrogen-bond acceptors (Lipinski definition) is 5. The van der Waals surface area contributed by atoms with Crippen molar-refractivity contribution in [3.05, 3.63) is 47.5 Å². The summed E-state index contributed by atoms with van der Waals surface area (Å²) in [6.07, 6.45) is -0.0667. The van der Waals surface area contributed by atoms with E-state index in [1.807, 2.05) is 23.9 Å². The van der Waals surface area contributed by atoms with Gasteiger partial charge in [-0.2, -0.15) is 11.8 Å². The molecule has 0 amide bonds. The molecule has 6 heteroatoms. The van der Waals surface area contributed by atoms with Gasteiger partial charge in [0.2, 0.25) is 0 Å². The fourth-order valence-corrected chi connectivity index (χ4v) is 3.58. The highest BCUT2D eigenvalue weighted by molar-refractivity contribution is 7.99. The van der Waals surface area contributed by atoms with Gasteiger partial charge in [-0.1, -0.05) is 47.6 Å². The molecule has 0 aliphatic carbocycles. The lowest BCUT2D eigenvalue weighted by atomic mass is 9.97. The number of carboxylic acids is 1. The van der Waals surface area contributed by atoms with Gasteiger partial charge in [0, 0.05) is 28.3 Å². The summed E-state index contributed by atoms with van der Waals surface area (Å²) in [4.78, 5) is 11.1. The summed E-state index contributed by atoms with van der Waals surface area (Å²) in [5, 5.41) is 12.6. The maximum atomic E-state index is 11.1. The molecule has 0 aliphatic heterocycles. The Morgan fingerprint density at radius 1 is 1.00 bits per heavy atom. The fraction of sp³-hybridized carbons (Fsp3) is 0.480. The predicted molar refractivity (Wildman–Crippen MR) is 130 cm³/mol. The quantitative estimate of drug-likeness (QED) is 0.453. The van der Waals surface area contributed by atoms with Crippen molar-refractivity contribution in [3.8, 4) is 17.2 Å². The smallest absolute Gasteiger partial charge is 0.307 e. The second-order valence-corrected chi connectivity index (χ2v) is 11.6. The lowest BCUT2D eigenvalue weighted by Crippen LogP contribution is -2.19. The topological polar surface area (TPSA) is 67.8 Å². The summed E-state index contributed by atoms with van der Waals surface area (Å²) >= 11 is 1.85. The Kier molecular flexibility index (Phi) is 8.29. The number of anilines is 1. The summed E-state index contributed by atoms with van der Waals surface area (Å²) < 4.78 is 11.8. The van der Waals surface area contributed by atoms with Gasteiger partial charge < -0.3 is 19.9 Å². The highest BCUT2D eigenvalue weighted by Gasteiger charge is 2.17. The molecule has 0 unspecified atom stereocenters. The number of ether oxygens (including phenoxy) is 2. The number of rotatable bonds is 9. The van der Waals surface area contributed by atoms with Crippen LogP contribution < -0.4 is 14.8 Å². The van der Waals surface area contributed by atoms with E-state index < -0.39 is 5.97 Å². The SMILES string of the molecule is COc1ccc(CC(=O)O)cc1Oc1ccc(NCC(C)(C)C)cc1CSC(C)(C)C. The first-order valence-electron chi connectivity index (χ1n) is 10.4. The van der Waals surface area contributed by atoms with E-state index in [9.17, 15) is 4.79 Å². The van der Waals surface area contributed by atoms with Crippen LogP contribution in [-0.2, 0) is 17.0 Å². The minimum atomic E-state index is -0.882. The lowest BCUT2D eigenvalue weighted by Gasteiger charge is -2.22. The Bertz CT molecular complexity index is 897. The number of hydrogen-bond donors (Lipinski definition) is 2. The second kappa shape index (κ2) is 10.3. The first kappa shape index (κ1) is 24.9. The van der Waals surface area contributed by atoms with E-state index >= 15 is 0 Å². The van der Waals surface area contributed by atoms with Crippen LogP contribution in [0.3, 0.4) is 0 Å². The molecule has 0 aromatic heterocycles. The second-order valence-electron chi connectivity index (χ2n) is 9.80. The first-order valence-corrected chi connectivity index (χ1v) is 11.4. The van der Waals surface area contributed by atoms with E-state index in [-0.39, 0.29) is 16.6 Å². The van der Waals surface area contributed by atoms with Crippen LogP contribution in [0.15, 0.2) is 36.4 Å². The Labute approximate surface area is 190 Å². The van der Waals surface area contributed by atoms with Crippen LogP contribution in [0, 0.1) is 5.41 Å². The van der Waals surface area contributed by atoms with Gasteiger partial charge >= 0.3 is 5.97 Å². The Balaban J connectivity index is 2.36. The van der Waals surface area contributed by atoms with E-state index in [0.717, 1.165) is 29.3 Å². The number of benzene rings is 2. The summed E-state index contributed by atoms with van der Waals surface area (Å²) in [7, 11) is 1.58. The highest BCUT2D eigenvalue weighted by Crippen LogP contribution is 2.38. The van der Waals surface area contributed by atoms with E-state index in [1.54, 1.807) is 25.3 Å². The summed E-state index contributed by atoms with van der Waals surface area (Å²) in [6, 6.07) is 11.3. The molecule has 2 rings (SSSR count). The van der Waals surface area contributed by atoms with Crippen LogP contribution in [0.25, 0.3) is 0 Å². The molecule has 0 bridgehead atoms. The zero-order valence-corrected chi connectivity index (χ0v) is 20.5. The molecule has 0 fully saturated rings. The van der Waals surface area contributed by atoms with Gasteiger partial charge in [-0.3, -0.25) is 4.79 Å². The van der Waals surface area contributed by atoms with Crippen LogP contribution in [0.4, 0.5) is 5.69 Å². The zero-order chi connectivity index (χ0) is 23.2. The van der Waals surface area contributed by atoms with Crippen molar-refractivity contribution in [1.82, 2.24) is 0 Å². The molecule has 0 saturated carbocycles. The van der Waals surface area contributed by atoms with Crippen molar-refractivity contribution in [1.29, 1.82) is 0 Å². The average molecular weight is 446 g/mol. The third kappa shape index (κ3) is 8.74. The van der Waals surface area contributed by atoms with Gasteiger partial charge in [-0.25, -0.2) is 0 Å². The molecule has 5 nitrogen and oxygen atoms in total. The largest absolute Gasteiger partial charge is 0.493 e. The molecule has 0 heterocycles. The third-order valence-electron chi connectivity index (χ3n) is 4.35. The van der Waals surface area contributed by atoms with Crippen molar-refractivity contribution in [3.63, 3.8) is 0 Å². The Morgan fingerprint density at radius 2 is 1.68 bits per heavy atom. The number of thioether (sulfide) groups is 1.